The van der Waals surface area contributed by atoms with Gasteiger partial charge in [-0.3, -0.25) is 9.69 Å². The molecule has 0 N–H and O–H groups in total. The second-order valence-electron chi connectivity index (χ2n) is 8.09. The SMILES string of the molecule is Cc1cccc(N2CC(CCN3CCC(C(=O)c4ccccc4)CC3)OC2=O)c1. The van der Waals surface area contributed by atoms with Crippen LogP contribution in [0.15, 0.2) is 54.6 Å². The molecule has 0 radical (unpaired) electrons. The Morgan fingerprint density at radius 1 is 1.07 bits per heavy atom. The Kier molecular flexibility index (Phi) is 5.95. The minimum absolute atomic E-state index is 0.0771. The summed E-state index contributed by atoms with van der Waals surface area (Å²) in [6.07, 6.45) is 2.28. The molecule has 1 unspecified atom stereocenters. The van der Waals surface area contributed by atoms with E-state index < -0.39 is 0 Å². The number of hydrogen-bond donors (Lipinski definition) is 0. The van der Waals surface area contributed by atoms with Crippen molar-refractivity contribution >= 4 is 17.6 Å². The molecule has 2 heterocycles. The Labute approximate surface area is 172 Å². The van der Waals surface area contributed by atoms with Gasteiger partial charge in [0.05, 0.1) is 6.54 Å². The summed E-state index contributed by atoms with van der Waals surface area (Å²) in [4.78, 5) is 29.0. The molecule has 1 amide bonds. The fourth-order valence-electron chi connectivity index (χ4n) is 4.26. The van der Waals surface area contributed by atoms with Crippen LogP contribution in [0.1, 0.15) is 35.2 Å². The summed E-state index contributed by atoms with van der Waals surface area (Å²) in [7, 11) is 0. The quantitative estimate of drug-likeness (QED) is 0.688. The van der Waals surface area contributed by atoms with Crippen LogP contribution in [0.3, 0.4) is 0 Å². The number of ketones is 1. The van der Waals surface area contributed by atoms with Crippen molar-refractivity contribution in [3.05, 3.63) is 65.7 Å². The predicted octanol–water partition coefficient (Wildman–Crippen LogP) is 4.31. The van der Waals surface area contributed by atoms with Gasteiger partial charge in [-0.05, 0) is 57.0 Å². The number of Topliss-reactive ketones (excluding diaryl/α,β-unsaturated/α-hetero) is 1. The Morgan fingerprint density at radius 2 is 1.83 bits per heavy atom. The standard InChI is InChI=1S/C24H28N2O3/c1-18-6-5-9-21(16-18)26-17-22(29-24(26)28)12-15-25-13-10-20(11-14-25)23(27)19-7-3-2-4-8-19/h2-9,16,20,22H,10-15,17H2,1H3. The van der Waals surface area contributed by atoms with E-state index in [1.165, 1.54) is 0 Å². The zero-order valence-electron chi connectivity index (χ0n) is 16.9. The molecule has 2 aromatic carbocycles. The maximum Gasteiger partial charge on any atom is 0.414 e. The molecule has 2 aliphatic rings. The van der Waals surface area contributed by atoms with Gasteiger partial charge in [-0.2, -0.15) is 0 Å². The number of likely N-dealkylation sites (tertiary alicyclic amines) is 1. The Morgan fingerprint density at radius 3 is 2.55 bits per heavy atom. The van der Waals surface area contributed by atoms with Gasteiger partial charge in [-0.15, -0.1) is 0 Å². The Hall–Kier alpha value is -2.66. The van der Waals surface area contributed by atoms with Crippen molar-refractivity contribution in [1.29, 1.82) is 0 Å². The lowest BCUT2D eigenvalue weighted by Crippen LogP contribution is -2.38. The van der Waals surface area contributed by atoms with Crippen LogP contribution in [0.5, 0.6) is 0 Å². The van der Waals surface area contributed by atoms with Crippen LogP contribution in [0.2, 0.25) is 0 Å². The Bertz CT molecular complexity index is 859. The van der Waals surface area contributed by atoms with Crippen LogP contribution in [-0.2, 0) is 4.74 Å². The molecule has 0 bridgehead atoms. The number of nitrogens with zero attached hydrogens (tertiary/aromatic N) is 2. The molecule has 2 aromatic rings. The molecule has 5 nitrogen and oxygen atoms in total. The van der Waals surface area contributed by atoms with E-state index in [-0.39, 0.29) is 23.9 Å². The lowest BCUT2D eigenvalue weighted by Gasteiger charge is -2.31. The summed E-state index contributed by atoms with van der Waals surface area (Å²) in [5, 5.41) is 0. The number of ether oxygens (including phenoxy) is 1. The predicted molar refractivity (Wildman–Crippen MR) is 113 cm³/mol. The van der Waals surface area contributed by atoms with Crippen LogP contribution in [0.25, 0.3) is 0 Å². The van der Waals surface area contributed by atoms with Crippen molar-refractivity contribution in [2.45, 2.75) is 32.3 Å². The highest BCUT2D eigenvalue weighted by molar-refractivity contribution is 5.97. The number of carbonyl (C=O) groups excluding carboxylic acids is 2. The number of anilines is 1. The first-order valence-corrected chi connectivity index (χ1v) is 10.5. The molecular formula is C24H28N2O3. The van der Waals surface area contributed by atoms with Crippen molar-refractivity contribution < 1.29 is 14.3 Å². The average molecular weight is 392 g/mol. The number of rotatable bonds is 6. The largest absolute Gasteiger partial charge is 0.444 e. The van der Waals surface area contributed by atoms with E-state index in [0.29, 0.717) is 6.54 Å². The van der Waals surface area contributed by atoms with Crippen molar-refractivity contribution in [3.8, 4) is 0 Å². The molecule has 0 aromatic heterocycles. The number of cyclic esters (lactones) is 1. The number of hydrogen-bond acceptors (Lipinski definition) is 4. The molecule has 1 atom stereocenters. The summed E-state index contributed by atoms with van der Waals surface area (Å²) >= 11 is 0. The van der Waals surface area contributed by atoms with E-state index in [1.54, 1.807) is 4.90 Å². The van der Waals surface area contributed by atoms with Crippen LogP contribution in [0, 0.1) is 12.8 Å². The third-order valence-corrected chi connectivity index (χ3v) is 5.97. The van der Waals surface area contributed by atoms with Crippen LogP contribution in [-0.4, -0.2) is 49.1 Å². The smallest absolute Gasteiger partial charge is 0.414 e. The Balaban J connectivity index is 1.24. The molecule has 0 aliphatic carbocycles. The van der Waals surface area contributed by atoms with E-state index in [1.807, 2.05) is 61.5 Å². The summed E-state index contributed by atoms with van der Waals surface area (Å²) < 4.78 is 5.58. The maximum absolute atomic E-state index is 12.6. The number of piperidine rings is 1. The molecule has 5 heteroatoms. The van der Waals surface area contributed by atoms with Gasteiger partial charge in [-0.1, -0.05) is 42.5 Å². The fraction of sp³-hybridized carbons (Fsp3) is 0.417. The summed E-state index contributed by atoms with van der Waals surface area (Å²) in [5.41, 5.74) is 2.85. The van der Waals surface area contributed by atoms with E-state index in [9.17, 15) is 9.59 Å². The molecule has 29 heavy (non-hydrogen) atoms. The van der Waals surface area contributed by atoms with Gasteiger partial charge < -0.3 is 9.64 Å². The highest BCUT2D eigenvalue weighted by Gasteiger charge is 2.33. The van der Waals surface area contributed by atoms with Gasteiger partial charge >= 0.3 is 6.09 Å². The first-order chi connectivity index (χ1) is 14.1. The molecule has 0 saturated carbocycles. The van der Waals surface area contributed by atoms with Crippen molar-refractivity contribution in [1.82, 2.24) is 4.90 Å². The maximum atomic E-state index is 12.6. The molecule has 152 valence electrons. The summed E-state index contributed by atoms with van der Waals surface area (Å²) in [6.45, 7) is 5.36. The van der Waals surface area contributed by atoms with E-state index in [2.05, 4.69) is 4.90 Å². The first-order valence-electron chi connectivity index (χ1n) is 10.5. The molecular weight excluding hydrogens is 364 g/mol. The van der Waals surface area contributed by atoms with Gasteiger partial charge in [0.15, 0.2) is 5.78 Å². The summed E-state index contributed by atoms with van der Waals surface area (Å²) in [6, 6.07) is 17.5. The third kappa shape index (κ3) is 4.67. The van der Waals surface area contributed by atoms with E-state index >= 15 is 0 Å². The number of benzene rings is 2. The molecule has 2 aliphatic heterocycles. The minimum Gasteiger partial charge on any atom is -0.444 e. The second kappa shape index (κ2) is 8.78. The van der Waals surface area contributed by atoms with Crippen molar-refractivity contribution in [3.63, 3.8) is 0 Å². The zero-order chi connectivity index (χ0) is 20.2. The van der Waals surface area contributed by atoms with Crippen LogP contribution < -0.4 is 4.90 Å². The monoisotopic (exact) mass is 392 g/mol. The van der Waals surface area contributed by atoms with E-state index in [4.69, 9.17) is 4.74 Å². The van der Waals surface area contributed by atoms with Gasteiger partial charge in [0.1, 0.15) is 6.10 Å². The normalized spacial score (nSPS) is 20.7. The molecule has 0 spiro atoms. The van der Waals surface area contributed by atoms with Gasteiger partial charge in [0.2, 0.25) is 0 Å². The minimum atomic E-state index is -0.257. The van der Waals surface area contributed by atoms with Gasteiger partial charge in [-0.25, -0.2) is 4.79 Å². The molecule has 2 saturated heterocycles. The second-order valence-corrected chi connectivity index (χ2v) is 8.09. The number of amides is 1. The summed E-state index contributed by atoms with van der Waals surface area (Å²) in [5.74, 6) is 0.388. The van der Waals surface area contributed by atoms with Crippen molar-refractivity contribution in [2.24, 2.45) is 5.92 Å². The lowest BCUT2D eigenvalue weighted by molar-refractivity contribution is 0.0815. The topological polar surface area (TPSA) is 49.9 Å². The van der Waals surface area contributed by atoms with Gasteiger partial charge in [0.25, 0.3) is 0 Å². The number of carbonyl (C=O) groups is 2. The molecule has 2 fully saturated rings. The third-order valence-electron chi connectivity index (χ3n) is 5.97. The van der Waals surface area contributed by atoms with Gasteiger partial charge in [0, 0.05) is 23.7 Å². The highest BCUT2D eigenvalue weighted by Crippen LogP contribution is 2.25. The first kappa shape index (κ1) is 19.6. The van der Waals surface area contributed by atoms with Crippen LogP contribution >= 0.6 is 0 Å². The number of aryl methyl sites for hydroxylation is 1. The molecule has 4 rings (SSSR count). The zero-order valence-corrected chi connectivity index (χ0v) is 16.9. The van der Waals surface area contributed by atoms with Crippen molar-refractivity contribution in [2.75, 3.05) is 31.1 Å². The fourth-order valence-corrected chi connectivity index (χ4v) is 4.26. The van der Waals surface area contributed by atoms with Crippen LogP contribution in [0.4, 0.5) is 10.5 Å². The highest BCUT2D eigenvalue weighted by atomic mass is 16.6. The lowest BCUT2D eigenvalue weighted by atomic mass is 9.89. The van der Waals surface area contributed by atoms with E-state index in [0.717, 1.165) is 55.7 Å². The average Bonchev–Trinajstić information content (AvgIpc) is 3.13.